The molecule has 0 aliphatic heterocycles. The predicted molar refractivity (Wildman–Crippen MR) is 69.2 cm³/mol. The van der Waals surface area contributed by atoms with Crippen molar-refractivity contribution in [2.75, 3.05) is 10.7 Å². The Kier molecular flexibility index (Phi) is 3.71. The van der Waals surface area contributed by atoms with Gasteiger partial charge in [0.1, 0.15) is 0 Å². The number of carbonyl (C=O) groups is 1. The first kappa shape index (κ1) is 12.3. The molecule has 2 rings (SSSR count). The molecule has 1 aromatic heterocycles. The number of amides is 1. The summed E-state index contributed by atoms with van der Waals surface area (Å²) in [6, 6.07) is 8.07. The molecule has 0 saturated heterocycles. The van der Waals surface area contributed by atoms with E-state index < -0.39 is 0 Å². The Morgan fingerprint density at radius 1 is 1.33 bits per heavy atom. The lowest BCUT2D eigenvalue weighted by Gasteiger charge is -2.09. The lowest BCUT2D eigenvalue weighted by atomic mass is 10.1. The fourth-order valence-corrected chi connectivity index (χ4v) is 1.55. The highest BCUT2D eigenvalue weighted by molar-refractivity contribution is 6.31. The van der Waals surface area contributed by atoms with E-state index in [0.717, 1.165) is 0 Å². The molecule has 4 N–H and O–H groups in total. The minimum Gasteiger partial charge on any atom is -0.323 e. The first-order valence-electron chi connectivity index (χ1n) is 5.06. The standard InChI is InChI=1S/C11H10ClN5O/c12-7-3-4-9(16-13)8(6-7)11(18)15-10-2-1-5-14-17-10/h1-6,16H,13H2,(H,15,17,18). The molecule has 0 fully saturated rings. The fourth-order valence-electron chi connectivity index (χ4n) is 1.38. The van der Waals surface area contributed by atoms with Gasteiger partial charge in [-0.05, 0) is 30.3 Å². The number of carbonyl (C=O) groups excluding carboxylic acids is 1. The minimum atomic E-state index is -0.369. The number of anilines is 2. The second-order valence-corrected chi connectivity index (χ2v) is 3.83. The zero-order chi connectivity index (χ0) is 13.0. The predicted octanol–water partition coefficient (Wildman–Crippen LogP) is 1.67. The fraction of sp³-hybridized carbons (Fsp3) is 0. The minimum absolute atomic E-state index is 0.329. The SMILES string of the molecule is NNc1ccc(Cl)cc1C(=O)Nc1cccnn1. The maximum Gasteiger partial charge on any atom is 0.259 e. The number of benzene rings is 1. The number of hydrogen-bond acceptors (Lipinski definition) is 5. The van der Waals surface area contributed by atoms with Gasteiger partial charge in [-0.25, -0.2) is 0 Å². The van der Waals surface area contributed by atoms with Crippen molar-refractivity contribution in [1.29, 1.82) is 0 Å². The van der Waals surface area contributed by atoms with Crippen LogP contribution in [0, 0.1) is 0 Å². The third-order valence-electron chi connectivity index (χ3n) is 2.20. The number of hydrogen-bond donors (Lipinski definition) is 3. The molecule has 92 valence electrons. The zero-order valence-electron chi connectivity index (χ0n) is 9.22. The summed E-state index contributed by atoms with van der Waals surface area (Å²) in [4.78, 5) is 12.0. The molecule has 2 aromatic rings. The van der Waals surface area contributed by atoms with Crippen LogP contribution >= 0.6 is 11.6 Å². The van der Waals surface area contributed by atoms with Gasteiger partial charge in [-0.3, -0.25) is 10.6 Å². The number of halogens is 1. The second-order valence-electron chi connectivity index (χ2n) is 3.40. The van der Waals surface area contributed by atoms with Gasteiger partial charge in [0, 0.05) is 11.2 Å². The quantitative estimate of drug-likeness (QED) is 0.579. The molecular formula is C11H10ClN5O. The van der Waals surface area contributed by atoms with Gasteiger partial charge >= 0.3 is 0 Å². The van der Waals surface area contributed by atoms with Crippen LogP contribution in [0.2, 0.25) is 5.02 Å². The molecule has 0 atom stereocenters. The highest BCUT2D eigenvalue weighted by Gasteiger charge is 2.12. The van der Waals surface area contributed by atoms with Crippen LogP contribution in [0.1, 0.15) is 10.4 Å². The molecule has 1 amide bonds. The molecule has 7 heteroatoms. The molecular weight excluding hydrogens is 254 g/mol. The number of nitrogens with two attached hydrogens (primary N) is 1. The van der Waals surface area contributed by atoms with Gasteiger partial charge in [0.05, 0.1) is 11.3 Å². The molecule has 0 unspecified atom stereocenters. The van der Waals surface area contributed by atoms with Crippen LogP contribution in [0.5, 0.6) is 0 Å². The average molecular weight is 264 g/mol. The van der Waals surface area contributed by atoms with E-state index in [9.17, 15) is 4.79 Å². The molecule has 1 heterocycles. The Morgan fingerprint density at radius 2 is 2.17 bits per heavy atom. The number of nitrogen functional groups attached to an aromatic ring is 1. The third-order valence-corrected chi connectivity index (χ3v) is 2.43. The molecule has 1 aromatic carbocycles. The van der Waals surface area contributed by atoms with Crippen LogP contribution in [-0.2, 0) is 0 Å². The van der Waals surface area contributed by atoms with E-state index >= 15 is 0 Å². The molecule has 0 radical (unpaired) electrons. The van der Waals surface area contributed by atoms with Gasteiger partial charge in [-0.2, -0.15) is 5.10 Å². The Bertz CT molecular complexity index is 561. The van der Waals surface area contributed by atoms with Crippen molar-refractivity contribution >= 4 is 29.0 Å². The number of aromatic nitrogens is 2. The summed E-state index contributed by atoms with van der Waals surface area (Å²) in [5.74, 6) is 5.31. The highest BCUT2D eigenvalue weighted by atomic mass is 35.5. The summed E-state index contributed by atoms with van der Waals surface area (Å²) in [5.41, 5.74) is 3.24. The van der Waals surface area contributed by atoms with Crippen LogP contribution in [-0.4, -0.2) is 16.1 Å². The Labute approximate surface area is 108 Å². The van der Waals surface area contributed by atoms with Crippen molar-refractivity contribution in [1.82, 2.24) is 10.2 Å². The van der Waals surface area contributed by atoms with Crippen LogP contribution in [0.4, 0.5) is 11.5 Å². The average Bonchev–Trinajstić information content (AvgIpc) is 2.40. The number of hydrazine groups is 1. The maximum atomic E-state index is 12.0. The zero-order valence-corrected chi connectivity index (χ0v) is 9.98. The summed E-state index contributed by atoms with van der Waals surface area (Å²) in [6.07, 6.45) is 1.52. The summed E-state index contributed by atoms with van der Waals surface area (Å²) >= 11 is 5.84. The molecule has 0 aliphatic carbocycles. The Morgan fingerprint density at radius 3 is 2.83 bits per heavy atom. The molecule has 18 heavy (non-hydrogen) atoms. The molecule has 0 spiro atoms. The summed E-state index contributed by atoms with van der Waals surface area (Å²) < 4.78 is 0. The van der Waals surface area contributed by atoms with E-state index in [1.54, 1.807) is 24.3 Å². The van der Waals surface area contributed by atoms with Crippen LogP contribution in [0.3, 0.4) is 0 Å². The number of nitrogens with zero attached hydrogens (tertiary/aromatic N) is 2. The highest BCUT2D eigenvalue weighted by Crippen LogP contribution is 2.20. The van der Waals surface area contributed by atoms with Crippen molar-refractivity contribution in [3.63, 3.8) is 0 Å². The van der Waals surface area contributed by atoms with E-state index in [-0.39, 0.29) is 5.91 Å². The number of nitrogens with one attached hydrogen (secondary N) is 2. The number of rotatable bonds is 3. The van der Waals surface area contributed by atoms with Gasteiger partial charge in [0.15, 0.2) is 5.82 Å². The van der Waals surface area contributed by atoms with E-state index in [4.69, 9.17) is 17.4 Å². The van der Waals surface area contributed by atoms with Gasteiger partial charge in [0.25, 0.3) is 5.91 Å². The topological polar surface area (TPSA) is 92.9 Å². The normalized spacial score (nSPS) is 9.89. The van der Waals surface area contributed by atoms with E-state index in [0.29, 0.717) is 22.1 Å². The maximum absolute atomic E-state index is 12.0. The van der Waals surface area contributed by atoms with Crippen molar-refractivity contribution in [3.8, 4) is 0 Å². The van der Waals surface area contributed by atoms with E-state index in [1.165, 1.54) is 12.3 Å². The molecule has 0 bridgehead atoms. The Hall–Kier alpha value is -2.18. The smallest absolute Gasteiger partial charge is 0.259 e. The van der Waals surface area contributed by atoms with Gasteiger partial charge < -0.3 is 10.7 Å². The van der Waals surface area contributed by atoms with Crippen molar-refractivity contribution < 1.29 is 4.79 Å². The summed E-state index contributed by atoms with van der Waals surface area (Å²) in [6.45, 7) is 0. The van der Waals surface area contributed by atoms with Crippen molar-refractivity contribution in [2.45, 2.75) is 0 Å². The Balaban J connectivity index is 2.26. The summed E-state index contributed by atoms with van der Waals surface area (Å²) in [5, 5.41) is 10.5. The van der Waals surface area contributed by atoms with Crippen molar-refractivity contribution in [2.24, 2.45) is 5.84 Å². The van der Waals surface area contributed by atoms with E-state index in [1.807, 2.05) is 0 Å². The lowest BCUT2D eigenvalue weighted by molar-refractivity contribution is 0.102. The van der Waals surface area contributed by atoms with E-state index in [2.05, 4.69) is 20.9 Å². The third kappa shape index (κ3) is 2.73. The van der Waals surface area contributed by atoms with Gasteiger partial charge in [-0.1, -0.05) is 11.6 Å². The molecule has 0 aliphatic rings. The molecule has 6 nitrogen and oxygen atoms in total. The second kappa shape index (κ2) is 5.44. The lowest BCUT2D eigenvalue weighted by Crippen LogP contribution is -2.17. The largest absolute Gasteiger partial charge is 0.323 e. The van der Waals surface area contributed by atoms with Crippen molar-refractivity contribution in [3.05, 3.63) is 47.1 Å². The first-order valence-corrected chi connectivity index (χ1v) is 5.43. The monoisotopic (exact) mass is 263 g/mol. The van der Waals surface area contributed by atoms with Crippen LogP contribution < -0.4 is 16.6 Å². The van der Waals surface area contributed by atoms with Crippen LogP contribution in [0.15, 0.2) is 36.5 Å². The first-order chi connectivity index (χ1) is 8.70. The van der Waals surface area contributed by atoms with Crippen LogP contribution in [0.25, 0.3) is 0 Å². The molecule has 0 saturated carbocycles. The van der Waals surface area contributed by atoms with Gasteiger partial charge in [0.2, 0.25) is 0 Å². The summed E-state index contributed by atoms with van der Waals surface area (Å²) in [7, 11) is 0. The van der Waals surface area contributed by atoms with Gasteiger partial charge in [-0.15, -0.1) is 5.10 Å².